The number of rotatable bonds is 3. The molecule has 0 bridgehead atoms. The SMILES string of the molecule is Cc1ccc2c(CC(=O)O[C@H](C)C#N)coc2c1. The maximum absolute atomic E-state index is 11.6. The molecule has 0 amide bonds. The van der Waals surface area contributed by atoms with E-state index in [1.807, 2.05) is 31.2 Å². The number of hydrogen-bond acceptors (Lipinski definition) is 4. The predicted octanol–water partition coefficient (Wildman–Crippen LogP) is 2.74. The number of aryl methyl sites for hydroxylation is 1. The molecule has 0 radical (unpaired) electrons. The maximum atomic E-state index is 11.6. The van der Waals surface area contributed by atoms with Crippen LogP contribution in [0.4, 0.5) is 0 Å². The Balaban J connectivity index is 2.18. The number of carbonyl (C=O) groups is 1. The Kier molecular flexibility index (Phi) is 3.33. The lowest BCUT2D eigenvalue weighted by atomic mass is 10.1. The Morgan fingerprint density at radius 1 is 1.56 bits per heavy atom. The molecule has 0 spiro atoms. The van der Waals surface area contributed by atoms with Gasteiger partial charge in [0.25, 0.3) is 0 Å². The van der Waals surface area contributed by atoms with E-state index in [2.05, 4.69) is 0 Å². The van der Waals surface area contributed by atoms with Crippen LogP contribution in [0, 0.1) is 18.3 Å². The first-order valence-electron chi connectivity index (χ1n) is 5.66. The number of nitrogens with zero attached hydrogens (tertiary/aromatic N) is 1. The summed E-state index contributed by atoms with van der Waals surface area (Å²) >= 11 is 0. The molecule has 4 nitrogen and oxygen atoms in total. The van der Waals surface area contributed by atoms with Crippen LogP contribution in [0.3, 0.4) is 0 Å². The normalized spacial score (nSPS) is 12.1. The average Bonchev–Trinajstić information content (AvgIpc) is 2.71. The average molecular weight is 243 g/mol. The van der Waals surface area contributed by atoms with Crippen LogP contribution in [-0.2, 0) is 16.0 Å². The van der Waals surface area contributed by atoms with Crippen LogP contribution >= 0.6 is 0 Å². The first-order chi connectivity index (χ1) is 8.60. The predicted molar refractivity (Wildman–Crippen MR) is 65.8 cm³/mol. The molecule has 0 aliphatic heterocycles. The van der Waals surface area contributed by atoms with Crippen LogP contribution in [0.5, 0.6) is 0 Å². The van der Waals surface area contributed by atoms with Gasteiger partial charge in [-0.25, -0.2) is 0 Å². The summed E-state index contributed by atoms with van der Waals surface area (Å²) in [6.07, 6.45) is 0.947. The van der Waals surface area contributed by atoms with Crippen LogP contribution in [-0.4, -0.2) is 12.1 Å². The van der Waals surface area contributed by atoms with Gasteiger partial charge in [-0.3, -0.25) is 4.79 Å². The van der Waals surface area contributed by atoms with Crippen molar-refractivity contribution in [3.63, 3.8) is 0 Å². The highest BCUT2D eigenvalue weighted by molar-refractivity contribution is 5.86. The molecular formula is C14H13NO3. The molecule has 1 heterocycles. The van der Waals surface area contributed by atoms with E-state index in [4.69, 9.17) is 14.4 Å². The number of furan rings is 1. The molecule has 1 atom stereocenters. The van der Waals surface area contributed by atoms with Gasteiger partial charge in [0.1, 0.15) is 11.7 Å². The summed E-state index contributed by atoms with van der Waals surface area (Å²) in [4.78, 5) is 11.6. The van der Waals surface area contributed by atoms with Gasteiger partial charge in [-0.2, -0.15) is 5.26 Å². The molecule has 0 unspecified atom stereocenters. The smallest absolute Gasteiger partial charge is 0.311 e. The van der Waals surface area contributed by atoms with E-state index in [-0.39, 0.29) is 6.42 Å². The van der Waals surface area contributed by atoms with Gasteiger partial charge in [0.05, 0.1) is 12.7 Å². The summed E-state index contributed by atoms with van der Waals surface area (Å²) in [5, 5.41) is 9.47. The highest BCUT2D eigenvalue weighted by Gasteiger charge is 2.13. The fraction of sp³-hybridized carbons (Fsp3) is 0.286. The molecule has 1 aromatic heterocycles. The minimum atomic E-state index is -0.724. The monoisotopic (exact) mass is 243 g/mol. The van der Waals surface area contributed by atoms with Gasteiger partial charge in [0.15, 0.2) is 6.10 Å². The van der Waals surface area contributed by atoms with Gasteiger partial charge < -0.3 is 9.15 Å². The zero-order chi connectivity index (χ0) is 13.1. The van der Waals surface area contributed by atoms with E-state index in [0.717, 1.165) is 22.1 Å². The largest absolute Gasteiger partial charge is 0.464 e. The summed E-state index contributed by atoms with van der Waals surface area (Å²) < 4.78 is 10.3. The molecule has 0 saturated heterocycles. The molecule has 0 aliphatic rings. The number of nitriles is 1. The summed E-state index contributed by atoms with van der Waals surface area (Å²) in [5.41, 5.74) is 2.63. The lowest BCUT2D eigenvalue weighted by Crippen LogP contribution is -2.14. The van der Waals surface area contributed by atoms with Gasteiger partial charge in [-0.1, -0.05) is 12.1 Å². The lowest BCUT2D eigenvalue weighted by Gasteiger charge is -2.04. The third kappa shape index (κ3) is 2.51. The van der Waals surface area contributed by atoms with Crippen LogP contribution in [0.25, 0.3) is 11.0 Å². The molecular weight excluding hydrogens is 230 g/mol. The summed E-state index contributed by atoms with van der Waals surface area (Å²) in [6.45, 7) is 3.51. The Bertz CT molecular complexity index is 621. The second-order valence-corrected chi connectivity index (χ2v) is 4.20. The van der Waals surface area contributed by atoms with E-state index in [1.54, 1.807) is 6.26 Å². The molecule has 0 saturated carbocycles. The van der Waals surface area contributed by atoms with Gasteiger partial charge in [-0.05, 0) is 25.5 Å². The molecule has 1 aromatic carbocycles. The van der Waals surface area contributed by atoms with Crippen molar-refractivity contribution in [2.75, 3.05) is 0 Å². The Morgan fingerprint density at radius 2 is 2.33 bits per heavy atom. The van der Waals surface area contributed by atoms with Gasteiger partial charge in [-0.15, -0.1) is 0 Å². The second kappa shape index (κ2) is 4.92. The van der Waals surface area contributed by atoms with Crippen LogP contribution in [0.2, 0.25) is 0 Å². The second-order valence-electron chi connectivity index (χ2n) is 4.20. The summed E-state index contributed by atoms with van der Waals surface area (Å²) in [5.74, 6) is -0.424. The molecule has 4 heteroatoms. The van der Waals surface area contributed by atoms with E-state index in [0.29, 0.717) is 0 Å². The maximum Gasteiger partial charge on any atom is 0.311 e. The fourth-order valence-corrected chi connectivity index (χ4v) is 1.75. The van der Waals surface area contributed by atoms with Crippen molar-refractivity contribution in [1.82, 2.24) is 0 Å². The van der Waals surface area contributed by atoms with Crippen molar-refractivity contribution in [2.24, 2.45) is 0 Å². The number of fused-ring (bicyclic) bond motifs is 1. The van der Waals surface area contributed by atoms with Crippen LogP contribution in [0.15, 0.2) is 28.9 Å². The number of hydrogen-bond donors (Lipinski definition) is 0. The molecule has 92 valence electrons. The van der Waals surface area contributed by atoms with Gasteiger partial charge in [0.2, 0.25) is 0 Å². The first-order valence-corrected chi connectivity index (χ1v) is 5.66. The van der Waals surface area contributed by atoms with Crippen molar-refractivity contribution < 1.29 is 13.9 Å². The Morgan fingerprint density at radius 3 is 3.06 bits per heavy atom. The highest BCUT2D eigenvalue weighted by atomic mass is 16.5. The number of carbonyl (C=O) groups excluding carboxylic acids is 1. The third-order valence-corrected chi connectivity index (χ3v) is 2.64. The summed E-state index contributed by atoms with van der Waals surface area (Å²) in [6, 6.07) is 7.66. The van der Waals surface area contributed by atoms with E-state index in [9.17, 15) is 4.79 Å². The van der Waals surface area contributed by atoms with Crippen molar-refractivity contribution >= 4 is 16.9 Å². The topological polar surface area (TPSA) is 63.2 Å². The minimum Gasteiger partial charge on any atom is -0.464 e. The van der Waals surface area contributed by atoms with Crippen molar-refractivity contribution in [2.45, 2.75) is 26.4 Å². The Labute approximate surface area is 105 Å². The fourth-order valence-electron chi connectivity index (χ4n) is 1.75. The standard InChI is InChI=1S/C14H13NO3/c1-9-3-4-12-11(8-17-13(12)5-9)6-14(16)18-10(2)7-15/h3-5,8,10H,6H2,1-2H3/t10-/m1/s1. The van der Waals surface area contributed by atoms with Crippen LogP contribution in [0.1, 0.15) is 18.1 Å². The molecule has 2 rings (SSSR count). The van der Waals surface area contributed by atoms with Crippen LogP contribution < -0.4 is 0 Å². The molecule has 0 N–H and O–H groups in total. The van der Waals surface area contributed by atoms with E-state index >= 15 is 0 Å². The molecule has 0 aliphatic carbocycles. The molecule has 18 heavy (non-hydrogen) atoms. The number of ether oxygens (including phenoxy) is 1. The molecule has 0 fully saturated rings. The molecule has 2 aromatic rings. The zero-order valence-corrected chi connectivity index (χ0v) is 10.3. The number of benzene rings is 1. The van der Waals surface area contributed by atoms with Gasteiger partial charge in [0, 0.05) is 10.9 Å². The third-order valence-electron chi connectivity index (χ3n) is 2.64. The van der Waals surface area contributed by atoms with Crippen molar-refractivity contribution in [3.8, 4) is 6.07 Å². The van der Waals surface area contributed by atoms with E-state index in [1.165, 1.54) is 6.92 Å². The summed E-state index contributed by atoms with van der Waals surface area (Å²) in [7, 11) is 0. The quantitative estimate of drug-likeness (QED) is 0.777. The van der Waals surface area contributed by atoms with Gasteiger partial charge >= 0.3 is 5.97 Å². The zero-order valence-electron chi connectivity index (χ0n) is 10.3. The highest BCUT2D eigenvalue weighted by Crippen LogP contribution is 2.22. The number of esters is 1. The van der Waals surface area contributed by atoms with Crippen molar-refractivity contribution in [3.05, 3.63) is 35.6 Å². The first kappa shape index (κ1) is 12.2. The lowest BCUT2D eigenvalue weighted by molar-refractivity contribution is -0.145. The Hall–Kier alpha value is -2.28. The van der Waals surface area contributed by atoms with Crippen molar-refractivity contribution in [1.29, 1.82) is 5.26 Å². The minimum absolute atomic E-state index is 0.113. The van der Waals surface area contributed by atoms with E-state index < -0.39 is 12.1 Å².